The number of nitrogens with zero attached hydrogens (tertiary/aromatic N) is 2. The largest absolute Gasteiger partial charge is 0.309 e. The molecule has 1 heterocycles. The molecule has 1 N–H and O–H groups in total. The molecule has 2 aromatic carbocycles. The zero-order chi connectivity index (χ0) is 14.8. The van der Waals surface area contributed by atoms with Crippen LogP contribution in [0.1, 0.15) is 17.2 Å². The molecule has 0 aliphatic heterocycles. The molecule has 3 aromatic rings. The van der Waals surface area contributed by atoms with Crippen LogP contribution in [0.3, 0.4) is 0 Å². The Morgan fingerprint density at radius 2 is 1.71 bits per heavy atom. The van der Waals surface area contributed by atoms with Gasteiger partial charge in [0.1, 0.15) is 11.6 Å². The van der Waals surface area contributed by atoms with Crippen molar-refractivity contribution in [3.63, 3.8) is 0 Å². The van der Waals surface area contributed by atoms with Gasteiger partial charge in [-0.15, -0.1) is 0 Å². The average molecular weight is 285 g/mol. The van der Waals surface area contributed by atoms with Crippen molar-refractivity contribution in [2.24, 2.45) is 0 Å². The molecule has 0 saturated heterocycles. The summed E-state index contributed by atoms with van der Waals surface area (Å²) >= 11 is 0. The van der Waals surface area contributed by atoms with E-state index < -0.39 is 11.6 Å². The molecule has 0 amide bonds. The van der Waals surface area contributed by atoms with E-state index in [9.17, 15) is 8.78 Å². The van der Waals surface area contributed by atoms with Crippen LogP contribution in [-0.4, -0.2) is 17.0 Å². The van der Waals surface area contributed by atoms with E-state index in [1.54, 1.807) is 19.4 Å². The summed E-state index contributed by atoms with van der Waals surface area (Å²) in [4.78, 5) is 8.45. The highest BCUT2D eigenvalue weighted by molar-refractivity contribution is 5.74. The predicted molar refractivity (Wildman–Crippen MR) is 76.8 cm³/mol. The van der Waals surface area contributed by atoms with Gasteiger partial charge in [-0.1, -0.05) is 12.1 Å². The lowest BCUT2D eigenvalue weighted by Gasteiger charge is -2.18. The molecule has 0 aliphatic carbocycles. The van der Waals surface area contributed by atoms with Crippen LogP contribution >= 0.6 is 0 Å². The van der Waals surface area contributed by atoms with Crippen LogP contribution < -0.4 is 5.32 Å². The first-order chi connectivity index (χ1) is 10.2. The first kappa shape index (κ1) is 13.6. The molecule has 1 unspecified atom stereocenters. The van der Waals surface area contributed by atoms with Crippen molar-refractivity contribution >= 4 is 11.0 Å². The van der Waals surface area contributed by atoms with Gasteiger partial charge in [0, 0.05) is 24.0 Å². The van der Waals surface area contributed by atoms with E-state index in [0.717, 1.165) is 22.7 Å². The van der Waals surface area contributed by atoms with Crippen LogP contribution in [0.5, 0.6) is 0 Å². The Morgan fingerprint density at radius 1 is 0.952 bits per heavy atom. The summed E-state index contributed by atoms with van der Waals surface area (Å²) in [5, 5.41) is 3.05. The summed E-state index contributed by atoms with van der Waals surface area (Å²) in [5.41, 5.74) is 2.74. The van der Waals surface area contributed by atoms with E-state index >= 15 is 0 Å². The van der Waals surface area contributed by atoms with Gasteiger partial charge in [-0.3, -0.25) is 9.97 Å². The van der Waals surface area contributed by atoms with E-state index in [1.165, 1.54) is 12.1 Å². The summed E-state index contributed by atoms with van der Waals surface area (Å²) in [6.07, 6.45) is 3.23. The SMILES string of the molecule is CNC(c1ccc2nccnc2c1)c1ccc(F)cc1F. The van der Waals surface area contributed by atoms with E-state index in [0.29, 0.717) is 5.56 Å². The number of nitrogens with one attached hydrogen (secondary N) is 1. The minimum Gasteiger partial charge on any atom is -0.309 e. The fraction of sp³-hybridized carbons (Fsp3) is 0.125. The maximum Gasteiger partial charge on any atom is 0.131 e. The summed E-state index contributed by atoms with van der Waals surface area (Å²) < 4.78 is 27.0. The Bertz CT molecular complexity index is 789. The molecule has 0 spiro atoms. The molecule has 3 nitrogen and oxygen atoms in total. The number of hydrogen-bond acceptors (Lipinski definition) is 3. The summed E-state index contributed by atoms with van der Waals surface area (Å²) in [7, 11) is 1.73. The molecular weight excluding hydrogens is 272 g/mol. The molecule has 0 radical (unpaired) electrons. The second kappa shape index (κ2) is 5.54. The normalized spacial score (nSPS) is 12.5. The Hall–Kier alpha value is -2.40. The highest BCUT2D eigenvalue weighted by atomic mass is 19.1. The maximum absolute atomic E-state index is 14.0. The fourth-order valence-corrected chi connectivity index (χ4v) is 2.40. The molecule has 5 heteroatoms. The lowest BCUT2D eigenvalue weighted by Crippen LogP contribution is -2.19. The van der Waals surface area contributed by atoms with Crippen LogP contribution in [0, 0.1) is 11.6 Å². The first-order valence-electron chi connectivity index (χ1n) is 6.52. The minimum absolute atomic E-state index is 0.378. The number of rotatable bonds is 3. The van der Waals surface area contributed by atoms with Gasteiger partial charge in [0.05, 0.1) is 17.1 Å². The van der Waals surface area contributed by atoms with Gasteiger partial charge in [-0.25, -0.2) is 8.78 Å². The molecule has 0 bridgehead atoms. The van der Waals surface area contributed by atoms with Gasteiger partial charge in [0.2, 0.25) is 0 Å². The molecule has 1 aromatic heterocycles. The zero-order valence-electron chi connectivity index (χ0n) is 11.3. The van der Waals surface area contributed by atoms with Crippen molar-refractivity contribution in [1.82, 2.24) is 15.3 Å². The average Bonchev–Trinajstić information content (AvgIpc) is 2.50. The number of fused-ring (bicyclic) bond motifs is 1. The molecule has 3 rings (SSSR count). The Morgan fingerprint density at radius 3 is 2.43 bits per heavy atom. The standard InChI is InChI=1S/C16H13F2N3/c1-19-16(12-4-3-11(17)9-13(12)18)10-2-5-14-15(8-10)21-7-6-20-14/h2-9,16,19H,1H3. The zero-order valence-corrected chi connectivity index (χ0v) is 11.3. The minimum atomic E-state index is -0.588. The monoisotopic (exact) mass is 285 g/mol. The van der Waals surface area contributed by atoms with Gasteiger partial charge in [0.25, 0.3) is 0 Å². The van der Waals surface area contributed by atoms with Crippen molar-refractivity contribution < 1.29 is 8.78 Å². The lowest BCUT2D eigenvalue weighted by atomic mass is 9.98. The first-order valence-corrected chi connectivity index (χ1v) is 6.52. The molecule has 106 valence electrons. The molecule has 0 aliphatic rings. The van der Waals surface area contributed by atoms with Crippen LogP contribution in [0.15, 0.2) is 48.8 Å². The number of halogens is 2. The van der Waals surface area contributed by atoms with E-state index in [1.807, 2.05) is 18.2 Å². The van der Waals surface area contributed by atoms with Crippen molar-refractivity contribution in [3.05, 3.63) is 71.6 Å². The molecule has 1 atom stereocenters. The van der Waals surface area contributed by atoms with Crippen LogP contribution in [0.25, 0.3) is 11.0 Å². The number of aromatic nitrogens is 2. The quantitative estimate of drug-likeness (QED) is 0.803. The van der Waals surface area contributed by atoms with E-state index in [4.69, 9.17) is 0 Å². The molecule has 0 fully saturated rings. The van der Waals surface area contributed by atoms with Gasteiger partial charge >= 0.3 is 0 Å². The van der Waals surface area contributed by atoms with Crippen molar-refractivity contribution in [3.8, 4) is 0 Å². The van der Waals surface area contributed by atoms with Crippen LogP contribution in [0.4, 0.5) is 8.78 Å². The lowest BCUT2D eigenvalue weighted by molar-refractivity contribution is 0.552. The van der Waals surface area contributed by atoms with Crippen molar-refractivity contribution in [2.45, 2.75) is 6.04 Å². The second-order valence-corrected chi connectivity index (χ2v) is 4.69. The van der Waals surface area contributed by atoms with Gasteiger partial charge in [0.15, 0.2) is 0 Å². The Balaban J connectivity index is 2.09. The maximum atomic E-state index is 14.0. The van der Waals surface area contributed by atoms with Crippen molar-refractivity contribution in [1.29, 1.82) is 0 Å². The highest BCUT2D eigenvalue weighted by Crippen LogP contribution is 2.26. The molecular formula is C16H13F2N3. The third kappa shape index (κ3) is 2.60. The number of benzene rings is 2. The number of hydrogen-bond donors (Lipinski definition) is 1. The van der Waals surface area contributed by atoms with E-state index in [2.05, 4.69) is 15.3 Å². The Labute approximate surface area is 120 Å². The fourth-order valence-electron chi connectivity index (χ4n) is 2.40. The summed E-state index contributed by atoms with van der Waals surface area (Å²) in [5.74, 6) is -1.16. The highest BCUT2D eigenvalue weighted by Gasteiger charge is 2.17. The third-order valence-corrected chi connectivity index (χ3v) is 3.39. The van der Waals surface area contributed by atoms with Crippen LogP contribution in [0.2, 0.25) is 0 Å². The molecule has 21 heavy (non-hydrogen) atoms. The Kier molecular flexibility index (Phi) is 3.58. The summed E-state index contributed by atoms with van der Waals surface area (Å²) in [6, 6.07) is 8.77. The van der Waals surface area contributed by atoms with Gasteiger partial charge in [-0.05, 0) is 30.8 Å². The second-order valence-electron chi connectivity index (χ2n) is 4.69. The topological polar surface area (TPSA) is 37.8 Å². The third-order valence-electron chi connectivity index (χ3n) is 3.39. The summed E-state index contributed by atoms with van der Waals surface area (Å²) in [6.45, 7) is 0. The van der Waals surface area contributed by atoms with Crippen LogP contribution in [-0.2, 0) is 0 Å². The van der Waals surface area contributed by atoms with E-state index in [-0.39, 0.29) is 6.04 Å². The smallest absolute Gasteiger partial charge is 0.131 e. The predicted octanol–water partition coefficient (Wildman–Crippen LogP) is 3.22. The van der Waals surface area contributed by atoms with Crippen molar-refractivity contribution in [2.75, 3.05) is 7.05 Å². The molecule has 0 saturated carbocycles. The van der Waals surface area contributed by atoms with Gasteiger partial charge in [-0.2, -0.15) is 0 Å². The van der Waals surface area contributed by atoms with Gasteiger partial charge < -0.3 is 5.32 Å².